The van der Waals surface area contributed by atoms with Gasteiger partial charge in [-0.1, -0.05) is 23.9 Å². The second kappa shape index (κ2) is 8.50. The lowest BCUT2D eigenvalue weighted by Gasteiger charge is -2.10. The van der Waals surface area contributed by atoms with Crippen LogP contribution in [0.4, 0.5) is 14.5 Å². The molecule has 152 valence electrons. The molecule has 0 bridgehead atoms. The number of rotatable bonds is 6. The number of halogens is 2. The molecular weight excluding hydrogens is 410 g/mol. The fourth-order valence-corrected chi connectivity index (χ4v) is 3.61. The van der Waals surface area contributed by atoms with Gasteiger partial charge in [0, 0.05) is 5.69 Å². The quantitative estimate of drug-likeness (QED) is 0.447. The lowest BCUT2D eigenvalue weighted by atomic mass is 10.2. The molecule has 2 aromatic carbocycles. The number of carbonyl (C=O) groups is 1. The number of hydrogen-bond donors (Lipinski definition) is 1. The van der Waals surface area contributed by atoms with Crippen LogP contribution in [0.1, 0.15) is 5.76 Å². The first-order valence-electron chi connectivity index (χ1n) is 8.96. The average molecular weight is 426 g/mol. The zero-order valence-electron chi connectivity index (χ0n) is 15.8. The Morgan fingerprint density at radius 2 is 1.87 bits per heavy atom. The van der Waals surface area contributed by atoms with E-state index in [1.165, 1.54) is 24.3 Å². The molecule has 2 heterocycles. The molecule has 2 aromatic heterocycles. The Balaban J connectivity index is 1.61. The van der Waals surface area contributed by atoms with Gasteiger partial charge in [-0.15, -0.1) is 10.2 Å². The molecule has 0 aliphatic carbocycles. The predicted molar refractivity (Wildman–Crippen MR) is 110 cm³/mol. The zero-order valence-corrected chi connectivity index (χ0v) is 16.6. The summed E-state index contributed by atoms with van der Waals surface area (Å²) in [7, 11) is 0. The molecule has 4 aromatic rings. The van der Waals surface area contributed by atoms with Crippen LogP contribution in [0.15, 0.2) is 70.4 Å². The van der Waals surface area contributed by atoms with E-state index in [-0.39, 0.29) is 23.2 Å². The number of aryl methyl sites for hydroxylation is 1. The van der Waals surface area contributed by atoms with Gasteiger partial charge < -0.3 is 9.73 Å². The number of benzene rings is 2. The van der Waals surface area contributed by atoms with Crippen LogP contribution in [0.5, 0.6) is 0 Å². The molecular formula is C21H16F2N4O2S. The number of nitrogens with one attached hydrogen (secondary N) is 1. The van der Waals surface area contributed by atoms with Gasteiger partial charge in [-0.2, -0.15) is 0 Å². The van der Waals surface area contributed by atoms with Crippen molar-refractivity contribution >= 4 is 23.4 Å². The van der Waals surface area contributed by atoms with Gasteiger partial charge in [0.25, 0.3) is 0 Å². The molecule has 0 radical (unpaired) electrons. The lowest BCUT2D eigenvalue weighted by Crippen LogP contribution is -2.15. The second-order valence-electron chi connectivity index (χ2n) is 6.33. The highest BCUT2D eigenvalue weighted by molar-refractivity contribution is 7.99. The standard InChI is InChI=1S/C21H16F2N4O2S/c1-13-16(10-11-29-13)20-25-26-21(27(20)15-8-6-14(22)7-9-15)30-12-19(28)24-18-5-3-2-4-17(18)23/h2-11H,12H2,1H3,(H,24,28). The van der Waals surface area contributed by atoms with Crippen LogP contribution >= 0.6 is 11.8 Å². The minimum Gasteiger partial charge on any atom is -0.469 e. The highest BCUT2D eigenvalue weighted by Crippen LogP contribution is 2.30. The van der Waals surface area contributed by atoms with E-state index < -0.39 is 5.82 Å². The normalized spacial score (nSPS) is 10.9. The average Bonchev–Trinajstić information content (AvgIpc) is 3.34. The number of carbonyl (C=O) groups excluding carboxylic acids is 1. The first kappa shape index (κ1) is 19.8. The van der Waals surface area contributed by atoms with Crippen LogP contribution in [0, 0.1) is 18.6 Å². The summed E-state index contributed by atoms with van der Waals surface area (Å²) in [6.07, 6.45) is 1.54. The van der Waals surface area contributed by atoms with Gasteiger partial charge in [0.05, 0.1) is 23.3 Å². The molecule has 9 heteroatoms. The summed E-state index contributed by atoms with van der Waals surface area (Å²) in [6, 6.07) is 13.6. The third-order valence-corrected chi connectivity index (χ3v) is 5.23. The van der Waals surface area contributed by atoms with Crippen LogP contribution in [0.3, 0.4) is 0 Å². The van der Waals surface area contributed by atoms with Crippen molar-refractivity contribution in [2.24, 2.45) is 0 Å². The molecule has 0 spiro atoms. The van der Waals surface area contributed by atoms with E-state index in [1.807, 2.05) is 0 Å². The van der Waals surface area contributed by atoms with Gasteiger partial charge in [-0.05, 0) is 49.4 Å². The van der Waals surface area contributed by atoms with Crippen molar-refractivity contribution in [1.29, 1.82) is 0 Å². The van der Waals surface area contributed by atoms with Crippen LogP contribution < -0.4 is 5.32 Å². The summed E-state index contributed by atoms with van der Waals surface area (Å²) in [4.78, 5) is 12.3. The van der Waals surface area contributed by atoms with E-state index in [0.717, 1.165) is 17.3 Å². The van der Waals surface area contributed by atoms with Crippen molar-refractivity contribution in [2.75, 3.05) is 11.1 Å². The molecule has 1 amide bonds. The number of thioether (sulfide) groups is 1. The van der Waals surface area contributed by atoms with E-state index in [0.29, 0.717) is 22.4 Å². The maximum Gasteiger partial charge on any atom is 0.234 e. The Hall–Kier alpha value is -3.46. The van der Waals surface area contributed by atoms with Gasteiger partial charge >= 0.3 is 0 Å². The Kier molecular flexibility index (Phi) is 5.62. The van der Waals surface area contributed by atoms with Crippen molar-refractivity contribution in [3.05, 3.63) is 78.3 Å². The molecule has 0 fully saturated rings. The van der Waals surface area contributed by atoms with Gasteiger partial charge in [0.1, 0.15) is 17.4 Å². The Morgan fingerprint density at radius 3 is 2.57 bits per heavy atom. The van der Waals surface area contributed by atoms with Gasteiger partial charge in [0.2, 0.25) is 5.91 Å². The van der Waals surface area contributed by atoms with Crippen molar-refractivity contribution in [3.8, 4) is 17.1 Å². The highest BCUT2D eigenvalue weighted by Gasteiger charge is 2.20. The zero-order chi connectivity index (χ0) is 21.1. The van der Waals surface area contributed by atoms with E-state index >= 15 is 0 Å². The molecule has 0 atom stereocenters. The third-order valence-electron chi connectivity index (χ3n) is 4.30. The van der Waals surface area contributed by atoms with Gasteiger partial charge in [-0.25, -0.2) is 8.78 Å². The number of furan rings is 1. The summed E-state index contributed by atoms with van der Waals surface area (Å²) < 4.78 is 34.2. The summed E-state index contributed by atoms with van der Waals surface area (Å²) in [5.74, 6) is -0.128. The summed E-state index contributed by atoms with van der Waals surface area (Å²) in [5, 5.41) is 11.4. The third kappa shape index (κ3) is 4.11. The van der Waals surface area contributed by atoms with E-state index in [9.17, 15) is 13.6 Å². The maximum atomic E-state index is 13.7. The summed E-state index contributed by atoms with van der Waals surface area (Å²) >= 11 is 1.13. The Labute approximate surface area is 174 Å². The number of aromatic nitrogens is 3. The molecule has 0 unspecified atom stereocenters. The molecule has 0 aliphatic rings. The second-order valence-corrected chi connectivity index (χ2v) is 7.27. The SMILES string of the molecule is Cc1occc1-c1nnc(SCC(=O)Nc2ccccc2F)n1-c1ccc(F)cc1. The first-order valence-corrected chi connectivity index (χ1v) is 9.94. The van der Waals surface area contributed by atoms with Crippen LogP contribution in [0.25, 0.3) is 17.1 Å². The fraction of sp³-hybridized carbons (Fsp3) is 0.0952. The minimum atomic E-state index is -0.511. The van der Waals surface area contributed by atoms with Gasteiger partial charge in [0.15, 0.2) is 11.0 Å². The van der Waals surface area contributed by atoms with Crippen molar-refractivity contribution in [1.82, 2.24) is 14.8 Å². The fourth-order valence-electron chi connectivity index (χ4n) is 2.86. The molecule has 4 rings (SSSR count). The monoisotopic (exact) mass is 426 g/mol. The van der Waals surface area contributed by atoms with Crippen molar-refractivity contribution < 1.29 is 18.0 Å². The number of para-hydroxylation sites is 1. The minimum absolute atomic E-state index is 0.0158. The number of hydrogen-bond acceptors (Lipinski definition) is 5. The number of amides is 1. The van der Waals surface area contributed by atoms with E-state index in [4.69, 9.17) is 4.42 Å². The maximum absolute atomic E-state index is 13.7. The van der Waals surface area contributed by atoms with Gasteiger partial charge in [-0.3, -0.25) is 9.36 Å². The summed E-state index contributed by atoms with van der Waals surface area (Å²) in [5.41, 5.74) is 1.47. The predicted octanol–water partition coefficient (Wildman–Crippen LogP) is 4.84. The Morgan fingerprint density at radius 1 is 1.10 bits per heavy atom. The molecule has 0 aliphatic heterocycles. The smallest absolute Gasteiger partial charge is 0.234 e. The molecule has 30 heavy (non-hydrogen) atoms. The molecule has 0 saturated carbocycles. The van der Waals surface area contributed by atoms with Crippen molar-refractivity contribution in [2.45, 2.75) is 12.1 Å². The first-order chi connectivity index (χ1) is 14.5. The number of anilines is 1. The van der Waals surface area contributed by atoms with E-state index in [2.05, 4.69) is 15.5 Å². The lowest BCUT2D eigenvalue weighted by molar-refractivity contribution is -0.113. The molecule has 6 nitrogen and oxygen atoms in total. The van der Waals surface area contributed by atoms with Crippen LogP contribution in [-0.2, 0) is 4.79 Å². The van der Waals surface area contributed by atoms with Crippen LogP contribution in [0.2, 0.25) is 0 Å². The molecule has 1 N–H and O–H groups in total. The largest absolute Gasteiger partial charge is 0.469 e. The van der Waals surface area contributed by atoms with Crippen LogP contribution in [-0.4, -0.2) is 26.4 Å². The molecule has 0 saturated heterocycles. The highest BCUT2D eigenvalue weighted by atomic mass is 32.2. The number of nitrogens with zero attached hydrogens (tertiary/aromatic N) is 3. The topological polar surface area (TPSA) is 72.9 Å². The Bertz CT molecular complexity index is 1190. The summed E-state index contributed by atoms with van der Waals surface area (Å²) in [6.45, 7) is 1.80. The van der Waals surface area contributed by atoms with Crippen molar-refractivity contribution in [3.63, 3.8) is 0 Å². The van der Waals surface area contributed by atoms with E-state index in [1.54, 1.807) is 48.1 Å².